The number of aromatic nitrogens is 2. The second-order valence-corrected chi connectivity index (χ2v) is 8.87. The average molecular weight is 457 g/mol. The summed E-state index contributed by atoms with van der Waals surface area (Å²) in [6, 6.07) is 7.27. The highest BCUT2D eigenvalue weighted by molar-refractivity contribution is 5.84. The van der Waals surface area contributed by atoms with Crippen LogP contribution in [0.5, 0.6) is 0 Å². The van der Waals surface area contributed by atoms with Crippen LogP contribution in [-0.2, 0) is 33.8 Å². The zero-order valence-electron chi connectivity index (χ0n) is 18.5. The number of benzene rings is 1. The first kappa shape index (κ1) is 22.8. The second kappa shape index (κ2) is 8.90. The van der Waals surface area contributed by atoms with Gasteiger partial charge in [0.1, 0.15) is 23.9 Å². The van der Waals surface area contributed by atoms with Crippen LogP contribution in [0.3, 0.4) is 0 Å². The van der Waals surface area contributed by atoms with E-state index in [0.29, 0.717) is 30.7 Å². The van der Waals surface area contributed by atoms with Crippen molar-refractivity contribution in [1.82, 2.24) is 14.5 Å². The number of amides is 1. The summed E-state index contributed by atoms with van der Waals surface area (Å²) in [4.78, 5) is 30.1. The molecule has 0 atom stereocenters. The molecule has 0 saturated heterocycles. The number of carbonyl (C=O) groups is 2. The Hall–Kier alpha value is -3.33. The summed E-state index contributed by atoms with van der Waals surface area (Å²) in [5.74, 6) is -2.53. The third-order valence-electron chi connectivity index (χ3n) is 5.98. The van der Waals surface area contributed by atoms with Crippen LogP contribution in [0.15, 0.2) is 36.5 Å². The number of aliphatic carboxylic acids is 1. The maximum absolute atomic E-state index is 14.4. The summed E-state index contributed by atoms with van der Waals surface area (Å²) >= 11 is 0. The summed E-state index contributed by atoms with van der Waals surface area (Å²) in [6.07, 6.45) is 2.26. The maximum Gasteiger partial charge on any atom is 0.311 e. The number of nitrogens with zero attached hydrogens (tertiary/aromatic N) is 3. The van der Waals surface area contributed by atoms with E-state index in [-0.39, 0.29) is 25.7 Å². The number of ether oxygens (including phenoxy) is 1. The van der Waals surface area contributed by atoms with Gasteiger partial charge in [0, 0.05) is 35.5 Å². The molecule has 0 bridgehead atoms. The van der Waals surface area contributed by atoms with Gasteiger partial charge in [0.25, 0.3) is 0 Å². The summed E-state index contributed by atoms with van der Waals surface area (Å²) in [7, 11) is 0. The van der Waals surface area contributed by atoms with E-state index in [1.54, 1.807) is 11.1 Å². The van der Waals surface area contributed by atoms with Gasteiger partial charge in [0.05, 0.1) is 25.1 Å². The van der Waals surface area contributed by atoms with Crippen LogP contribution in [0.1, 0.15) is 30.7 Å². The first-order valence-corrected chi connectivity index (χ1v) is 10.6. The molecule has 0 spiro atoms. The normalized spacial score (nSPS) is 13.9. The first-order chi connectivity index (χ1) is 15.7. The summed E-state index contributed by atoms with van der Waals surface area (Å²) in [5.41, 5.74) is 1.81. The van der Waals surface area contributed by atoms with Crippen LogP contribution in [0.4, 0.5) is 8.78 Å². The molecule has 33 heavy (non-hydrogen) atoms. The molecule has 2 aromatic heterocycles. The molecule has 1 amide bonds. The Labute approximate surface area is 189 Å². The monoisotopic (exact) mass is 457 g/mol. The number of halogens is 2. The molecule has 0 radical (unpaired) electrons. The molecule has 0 fully saturated rings. The Kier molecular flexibility index (Phi) is 6.16. The largest absolute Gasteiger partial charge is 0.481 e. The Balaban J connectivity index is 1.57. The SMILES string of the molecule is CC(C)(COCC(=O)N1CCc2c(n(Cc3ccc(F)cc3F)c3ncccc23)C1)C(=O)O. The third kappa shape index (κ3) is 4.59. The minimum atomic E-state index is -1.09. The van der Waals surface area contributed by atoms with Gasteiger partial charge < -0.3 is 19.3 Å². The number of hydrogen-bond acceptors (Lipinski definition) is 4. The van der Waals surface area contributed by atoms with E-state index in [0.717, 1.165) is 22.7 Å². The Morgan fingerprint density at radius 1 is 1.24 bits per heavy atom. The summed E-state index contributed by atoms with van der Waals surface area (Å²) in [5, 5.41) is 10.1. The molecule has 174 valence electrons. The molecule has 1 aliphatic heterocycles. The summed E-state index contributed by atoms with van der Waals surface area (Å²) < 4.78 is 35.0. The molecule has 0 unspecified atom stereocenters. The number of fused-ring (bicyclic) bond motifs is 3. The third-order valence-corrected chi connectivity index (χ3v) is 5.98. The van der Waals surface area contributed by atoms with E-state index in [9.17, 15) is 23.5 Å². The van der Waals surface area contributed by atoms with Gasteiger partial charge in [-0.2, -0.15) is 0 Å². The lowest BCUT2D eigenvalue weighted by atomic mass is 9.95. The molecule has 0 aliphatic carbocycles. The van der Waals surface area contributed by atoms with Gasteiger partial charge in [-0.25, -0.2) is 13.8 Å². The van der Waals surface area contributed by atoms with Crippen molar-refractivity contribution >= 4 is 22.9 Å². The Morgan fingerprint density at radius 3 is 2.76 bits per heavy atom. The van der Waals surface area contributed by atoms with Gasteiger partial charge >= 0.3 is 5.97 Å². The van der Waals surface area contributed by atoms with Gasteiger partial charge in [-0.05, 0) is 44.0 Å². The van der Waals surface area contributed by atoms with Crippen LogP contribution in [-0.4, -0.2) is 51.2 Å². The van der Waals surface area contributed by atoms with Crippen molar-refractivity contribution in [1.29, 1.82) is 0 Å². The highest BCUT2D eigenvalue weighted by atomic mass is 19.1. The smallest absolute Gasteiger partial charge is 0.311 e. The van der Waals surface area contributed by atoms with Crippen molar-refractivity contribution in [3.8, 4) is 0 Å². The van der Waals surface area contributed by atoms with Gasteiger partial charge in [0.2, 0.25) is 5.91 Å². The highest BCUT2D eigenvalue weighted by Crippen LogP contribution is 2.31. The van der Waals surface area contributed by atoms with Crippen molar-refractivity contribution in [3.63, 3.8) is 0 Å². The number of hydrogen-bond donors (Lipinski definition) is 1. The lowest BCUT2D eigenvalue weighted by molar-refractivity contribution is -0.153. The molecule has 0 saturated carbocycles. The van der Waals surface area contributed by atoms with Gasteiger partial charge in [0.15, 0.2) is 0 Å². The van der Waals surface area contributed by atoms with Gasteiger partial charge in [-0.1, -0.05) is 6.07 Å². The van der Waals surface area contributed by atoms with Crippen LogP contribution >= 0.6 is 0 Å². The fourth-order valence-corrected chi connectivity index (χ4v) is 4.01. The summed E-state index contributed by atoms with van der Waals surface area (Å²) in [6.45, 7) is 3.69. The van der Waals surface area contributed by atoms with Crippen LogP contribution in [0, 0.1) is 17.0 Å². The van der Waals surface area contributed by atoms with Crippen molar-refractivity contribution in [3.05, 3.63) is 65.0 Å². The predicted molar refractivity (Wildman–Crippen MR) is 117 cm³/mol. The first-order valence-electron chi connectivity index (χ1n) is 10.6. The number of rotatable bonds is 7. The lowest BCUT2D eigenvalue weighted by Gasteiger charge is -2.29. The molecule has 3 aromatic rings. The van der Waals surface area contributed by atoms with Crippen LogP contribution in [0.25, 0.3) is 11.0 Å². The van der Waals surface area contributed by atoms with Crippen molar-refractivity contribution in [2.24, 2.45) is 5.41 Å². The predicted octanol–water partition coefficient (Wildman–Crippen LogP) is 3.37. The lowest BCUT2D eigenvalue weighted by Crippen LogP contribution is -2.40. The topological polar surface area (TPSA) is 84.7 Å². The minimum absolute atomic E-state index is 0.0822. The van der Waals surface area contributed by atoms with Crippen LogP contribution in [0.2, 0.25) is 0 Å². The molecule has 7 nitrogen and oxygen atoms in total. The Morgan fingerprint density at radius 2 is 2.03 bits per heavy atom. The standard InChI is InChI=1S/C24H25F2N3O4/c1-24(2,23(31)32)14-33-13-21(30)28-9-7-17-18-4-3-8-27-22(18)29(20(17)12-28)11-15-5-6-16(25)10-19(15)26/h3-6,8,10H,7,9,11-14H2,1-2H3,(H,31,32). The maximum atomic E-state index is 14.4. The molecular weight excluding hydrogens is 432 g/mol. The molecule has 1 aromatic carbocycles. The zero-order valence-corrected chi connectivity index (χ0v) is 18.5. The van der Waals surface area contributed by atoms with E-state index < -0.39 is 23.0 Å². The Bertz CT molecular complexity index is 1220. The van der Waals surface area contributed by atoms with Crippen LogP contribution < -0.4 is 0 Å². The van der Waals surface area contributed by atoms with E-state index in [2.05, 4.69) is 4.98 Å². The molecule has 1 N–H and O–H groups in total. The number of carbonyl (C=O) groups excluding carboxylic acids is 1. The number of pyridine rings is 1. The number of carboxylic acids is 1. The van der Waals surface area contributed by atoms with Crippen molar-refractivity contribution < 1.29 is 28.2 Å². The van der Waals surface area contributed by atoms with Gasteiger partial charge in [-0.3, -0.25) is 9.59 Å². The molecular formula is C24H25F2N3O4. The van der Waals surface area contributed by atoms with E-state index in [1.807, 2.05) is 16.7 Å². The molecule has 4 rings (SSSR count). The fourth-order valence-electron chi connectivity index (χ4n) is 4.01. The fraction of sp³-hybridized carbons (Fsp3) is 0.375. The van der Waals surface area contributed by atoms with E-state index >= 15 is 0 Å². The quantitative estimate of drug-likeness (QED) is 0.588. The van der Waals surface area contributed by atoms with Crippen molar-refractivity contribution in [2.45, 2.75) is 33.4 Å². The number of carboxylic acid groups (broad SMARTS) is 1. The second-order valence-electron chi connectivity index (χ2n) is 8.87. The minimum Gasteiger partial charge on any atom is -0.481 e. The van der Waals surface area contributed by atoms with Crippen molar-refractivity contribution in [2.75, 3.05) is 19.8 Å². The molecule has 9 heteroatoms. The zero-order chi connectivity index (χ0) is 23.8. The average Bonchev–Trinajstić information content (AvgIpc) is 3.08. The molecule has 1 aliphatic rings. The molecule has 3 heterocycles. The van der Waals surface area contributed by atoms with E-state index in [1.165, 1.54) is 26.0 Å². The van der Waals surface area contributed by atoms with E-state index in [4.69, 9.17) is 4.74 Å². The highest BCUT2D eigenvalue weighted by Gasteiger charge is 2.30. The van der Waals surface area contributed by atoms with Gasteiger partial charge in [-0.15, -0.1) is 0 Å².